The van der Waals surface area contributed by atoms with E-state index in [2.05, 4.69) is 407 Å². The fourth-order valence-electron chi connectivity index (χ4n) is 16.9. The van der Waals surface area contributed by atoms with E-state index in [0.717, 1.165) is 95.1 Å². The van der Waals surface area contributed by atoms with Gasteiger partial charge in [0, 0.05) is 55.7 Å². The van der Waals surface area contributed by atoms with Crippen LogP contribution in [0.5, 0.6) is 0 Å². The summed E-state index contributed by atoms with van der Waals surface area (Å²) in [4.78, 5) is 5.31. The maximum atomic E-state index is 11.8. The van der Waals surface area contributed by atoms with Crippen LogP contribution in [0.25, 0.3) is 88.4 Å². The zero-order valence-electron chi connectivity index (χ0n) is 66.8. The minimum absolute atomic E-state index is 0.0581. The number of aromatic nitrogens is 2. The third-order valence-electron chi connectivity index (χ3n) is 23.1. The van der Waals surface area contributed by atoms with Crippen molar-refractivity contribution in [3.05, 3.63) is 281 Å². The van der Waals surface area contributed by atoms with Crippen LogP contribution < -0.4 is 26.2 Å². The molecule has 0 atom stereocenters. The number of rotatable bonds is 7. The van der Waals surface area contributed by atoms with E-state index < -0.39 is 5.41 Å². The van der Waals surface area contributed by atoms with Crippen molar-refractivity contribution < 1.29 is 0 Å². The molecular weight excluding hydrogens is 1290 g/mol. The van der Waals surface area contributed by atoms with E-state index in [1.165, 1.54) is 82.7 Å². The van der Waals surface area contributed by atoms with Crippen molar-refractivity contribution in [3.8, 4) is 50.8 Å². The highest BCUT2D eigenvalue weighted by Crippen LogP contribution is 2.52. The number of benzene rings is 12. The van der Waals surface area contributed by atoms with E-state index in [1.807, 2.05) is 0 Å². The molecule has 0 saturated carbocycles. The molecule has 0 spiro atoms. The lowest BCUT2D eigenvalue weighted by atomic mass is 9.33. The molecular formula is C101H102BN5. The Labute approximate surface area is 636 Å². The number of fused-ring (bicyclic) bond motifs is 10. The standard InChI is InChI=1S/C101H102BN5/c1-95(2,3)69-33-29-32-63(47-69)66-46-65(62-30-23-22-24-31-62)50-76(51-66)105-91-59-75(104-86-44-39-70(96(4,5)6)55-79(86)80-56-71(97(7,8)9)40-45-87(80)104)41-43-83(91)102-82-42-38-64(67-48-72(98(10,11)12)54-73(49-67)99(13,14)15)53-90(82)107(93-58-74(100(16,17)18)57-92(105)94(93)102)89-60-88(68(61-103)52-81(89)101(19,20)21)106-84-36-27-25-34-77(84)78-35-26-28-37-85(78)106/h22-60H,1-21H3. The highest BCUT2D eigenvalue weighted by atomic mass is 15.2. The Balaban J connectivity index is 1.07. The topological polar surface area (TPSA) is 40.1 Å². The molecule has 0 aliphatic carbocycles. The maximum absolute atomic E-state index is 11.8. The summed E-state index contributed by atoms with van der Waals surface area (Å²) in [5.41, 5.74) is 31.9. The van der Waals surface area contributed by atoms with E-state index >= 15 is 0 Å². The molecule has 0 saturated heterocycles. The molecule has 0 amide bonds. The van der Waals surface area contributed by atoms with Gasteiger partial charge in [0.2, 0.25) is 0 Å². The number of nitrogens with zero attached hydrogens (tertiary/aromatic N) is 5. The summed E-state index contributed by atoms with van der Waals surface area (Å²) in [6.45, 7) is 48.8. The van der Waals surface area contributed by atoms with Crippen LogP contribution in [-0.4, -0.2) is 15.8 Å². The average Bonchev–Trinajstić information content (AvgIpc) is 0.990. The summed E-state index contributed by atoms with van der Waals surface area (Å²) in [6.07, 6.45) is 0. The second-order valence-electron chi connectivity index (χ2n) is 38.0. The van der Waals surface area contributed by atoms with Gasteiger partial charge in [-0.3, -0.25) is 0 Å². The minimum Gasteiger partial charge on any atom is -0.311 e. The van der Waals surface area contributed by atoms with E-state index in [4.69, 9.17) is 0 Å². The molecule has 534 valence electrons. The molecule has 0 bridgehead atoms. The number of hydrogen-bond acceptors (Lipinski definition) is 3. The van der Waals surface area contributed by atoms with Gasteiger partial charge in [0.05, 0.1) is 39.0 Å². The first-order valence-electron chi connectivity index (χ1n) is 38.6. The lowest BCUT2D eigenvalue weighted by Gasteiger charge is -2.46. The number of nitriles is 1. The highest BCUT2D eigenvalue weighted by Gasteiger charge is 2.46. The summed E-state index contributed by atoms with van der Waals surface area (Å²) >= 11 is 0. The molecule has 14 aromatic rings. The van der Waals surface area contributed by atoms with E-state index in [0.29, 0.717) is 5.56 Å². The first kappa shape index (κ1) is 70.7. The number of anilines is 6. The Kier molecular flexibility index (Phi) is 16.3. The summed E-state index contributed by atoms with van der Waals surface area (Å²) < 4.78 is 4.90. The van der Waals surface area contributed by atoms with Gasteiger partial charge in [0.15, 0.2) is 0 Å². The van der Waals surface area contributed by atoms with Crippen LogP contribution in [0.4, 0.5) is 34.1 Å². The predicted molar refractivity (Wildman–Crippen MR) is 461 cm³/mol. The van der Waals surface area contributed by atoms with Crippen LogP contribution in [-0.2, 0) is 37.9 Å². The molecule has 5 nitrogen and oxygen atoms in total. The van der Waals surface area contributed by atoms with Crippen LogP contribution in [0.1, 0.15) is 190 Å². The van der Waals surface area contributed by atoms with Gasteiger partial charge in [-0.1, -0.05) is 285 Å². The first-order valence-corrected chi connectivity index (χ1v) is 38.6. The molecule has 12 aromatic carbocycles. The summed E-state index contributed by atoms with van der Waals surface area (Å²) in [7, 11) is 0. The Morgan fingerprint density at radius 3 is 1.25 bits per heavy atom. The molecule has 0 N–H and O–H groups in total. The second-order valence-corrected chi connectivity index (χ2v) is 38.0. The lowest BCUT2D eigenvalue weighted by molar-refractivity contribution is 0.569. The Morgan fingerprint density at radius 2 is 0.710 bits per heavy atom. The Bertz CT molecular complexity index is 5860. The van der Waals surface area contributed by atoms with Crippen molar-refractivity contribution in [1.29, 1.82) is 5.26 Å². The molecule has 16 rings (SSSR count). The van der Waals surface area contributed by atoms with Gasteiger partial charge in [-0.2, -0.15) is 5.26 Å². The van der Waals surface area contributed by atoms with E-state index in [-0.39, 0.29) is 39.2 Å². The van der Waals surface area contributed by atoms with Crippen molar-refractivity contribution in [2.75, 3.05) is 9.80 Å². The third kappa shape index (κ3) is 12.2. The van der Waals surface area contributed by atoms with Gasteiger partial charge in [0.1, 0.15) is 6.07 Å². The monoisotopic (exact) mass is 1400 g/mol. The van der Waals surface area contributed by atoms with Crippen molar-refractivity contribution in [2.45, 2.75) is 183 Å². The number of hydrogen-bond donors (Lipinski definition) is 0. The lowest BCUT2D eigenvalue weighted by Crippen LogP contribution is -2.61. The van der Waals surface area contributed by atoms with Gasteiger partial charge in [0.25, 0.3) is 6.71 Å². The third-order valence-corrected chi connectivity index (χ3v) is 23.1. The van der Waals surface area contributed by atoms with E-state index in [9.17, 15) is 5.26 Å². The van der Waals surface area contributed by atoms with Gasteiger partial charge in [-0.05, 0) is 224 Å². The quantitative estimate of drug-likeness (QED) is 0.149. The van der Waals surface area contributed by atoms with Crippen LogP contribution in [0.3, 0.4) is 0 Å². The van der Waals surface area contributed by atoms with Crippen LogP contribution >= 0.6 is 0 Å². The van der Waals surface area contributed by atoms with Gasteiger partial charge in [-0.25, -0.2) is 0 Å². The molecule has 4 heterocycles. The largest absolute Gasteiger partial charge is 0.311 e. The summed E-state index contributed by atoms with van der Waals surface area (Å²) in [6, 6.07) is 94.1. The van der Waals surface area contributed by atoms with Crippen molar-refractivity contribution in [1.82, 2.24) is 9.13 Å². The highest BCUT2D eigenvalue weighted by molar-refractivity contribution is 7.00. The second kappa shape index (κ2) is 24.7. The zero-order chi connectivity index (χ0) is 75.7. The van der Waals surface area contributed by atoms with Gasteiger partial charge >= 0.3 is 0 Å². The molecule has 2 aliphatic heterocycles. The molecule has 0 unspecified atom stereocenters. The molecule has 2 aliphatic rings. The average molecular weight is 1400 g/mol. The van der Waals surface area contributed by atoms with E-state index in [1.54, 1.807) is 0 Å². The van der Waals surface area contributed by atoms with Crippen molar-refractivity contribution in [3.63, 3.8) is 0 Å². The summed E-state index contributed by atoms with van der Waals surface area (Å²) in [5.74, 6) is 0. The molecule has 6 heteroatoms. The molecule has 0 radical (unpaired) electrons. The first-order chi connectivity index (χ1) is 50.4. The van der Waals surface area contributed by atoms with Crippen molar-refractivity contribution >= 4 is 101 Å². The normalized spacial score (nSPS) is 13.6. The van der Waals surface area contributed by atoms with Crippen LogP contribution in [0, 0.1) is 11.3 Å². The fraction of sp³-hybridized carbons (Fsp3) is 0.277. The minimum atomic E-state index is -0.442. The van der Waals surface area contributed by atoms with Gasteiger partial charge < -0.3 is 18.9 Å². The SMILES string of the molecule is CC(C)(C)c1cccc(-c2cc(-c3ccccc3)cc(N3c4cc(-n5c6ccc(C(C)(C)C)cc6c6cc(C(C)(C)C)ccc65)ccc4B4c5ccc(-c6cc(C(C)(C)C)cc(C(C)(C)C)c6)cc5N(c5cc(-n6c7ccccc7c7ccccc76)c(C#N)cc5C(C)(C)C)c5cc(C(C)(C)C)cc3c54)c2)c1. The summed E-state index contributed by atoms with van der Waals surface area (Å²) in [5, 5.41) is 16.6. The van der Waals surface area contributed by atoms with Crippen LogP contribution in [0.2, 0.25) is 0 Å². The molecule has 107 heavy (non-hydrogen) atoms. The van der Waals surface area contributed by atoms with Crippen molar-refractivity contribution in [2.24, 2.45) is 0 Å². The molecule has 2 aromatic heterocycles. The van der Waals surface area contributed by atoms with Crippen LogP contribution in [0.15, 0.2) is 237 Å². The number of para-hydroxylation sites is 2. The Hall–Kier alpha value is -10.6. The molecule has 0 fully saturated rings. The van der Waals surface area contributed by atoms with Gasteiger partial charge in [-0.15, -0.1) is 0 Å². The fourth-order valence-corrected chi connectivity index (χ4v) is 16.9. The zero-order valence-corrected chi connectivity index (χ0v) is 66.8. The smallest absolute Gasteiger partial charge is 0.252 e. The Morgan fingerprint density at radius 1 is 0.262 bits per heavy atom. The predicted octanol–water partition coefficient (Wildman–Crippen LogP) is 25.9. The maximum Gasteiger partial charge on any atom is 0.252 e.